The van der Waals surface area contributed by atoms with Crippen LogP contribution in [-0.4, -0.2) is 11.5 Å². The molecule has 0 bridgehead atoms. The molecule has 0 aliphatic rings. The summed E-state index contributed by atoms with van der Waals surface area (Å²) in [7, 11) is 0. The van der Waals surface area contributed by atoms with Crippen molar-refractivity contribution in [1.29, 1.82) is 0 Å². The summed E-state index contributed by atoms with van der Waals surface area (Å²) in [4.78, 5) is 11.6. The second-order valence-electron chi connectivity index (χ2n) is 5.39. The van der Waals surface area contributed by atoms with Crippen molar-refractivity contribution in [3.8, 4) is 5.75 Å². The van der Waals surface area contributed by atoms with E-state index in [9.17, 15) is 13.6 Å². The highest BCUT2D eigenvalue weighted by Crippen LogP contribution is 2.27. The van der Waals surface area contributed by atoms with E-state index in [1.165, 1.54) is 18.2 Å². The van der Waals surface area contributed by atoms with Crippen LogP contribution in [0.15, 0.2) is 36.4 Å². The van der Waals surface area contributed by atoms with Gasteiger partial charge in [-0.1, -0.05) is 35.5 Å². The number of thioether (sulfide) groups is 1. The number of anilines is 1. The molecule has 3 nitrogen and oxygen atoms in total. The van der Waals surface area contributed by atoms with Gasteiger partial charge in [-0.15, -0.1) is 0 Å². The Morgan fingerprint density at radius 1 is 1.21 bits per heavy atom. The highest BCUT2D eigenvalue weighted by molar-refractivity contribution is 8.13. The van der Waals surface area contributed by atoms with Crippen molar-refractivity contribution in [2.24, 2.45) is 0 Å². The Kier molecular flexibility index (Phi) is 6.20. The number of nitrogens with one attached hydrogen (secondary N) is 1. The lowest BCUT2D eigenvalue weighted by molar-refractivity contribution is 0.151. The van der Waals surface area contributed by atoms with Gasteiger partial charge >= 0.3 is 0 Å². The van der Waals surface area contributed by atoms with Crippen molar-refractivity contribution in [2.75, 3.05) is 11.6 Å². The van der Waals surface area contributed by atoms with Crippen LogP contribution in [0.25, 0.3) is 0 Å². The smallest absolute Gasteiger partial charge is 0.283 e. The van der Waals surface area contributed by atoms with Gasteiger partial charge in [-0.2, -0.15) is 0 Å². The number of hydrogen-bond acceptors (Lipinski definition) is 3. The average molecular weight is 351 g/mol. The second kappa shape index (κ2) is 8.15. The minimum atomic E-state index is -2.57. The summed E-state index contributed by atoms with van der Waals surface area (Å²) < 4.78 is 31.7. The van der Waals surface area contributed by atoms with Gasteiger partial charge in [0.2, 0.25) is 0 Å². The third-order valence-corrected chi connectivity index (χ3v) is 3.99. The molecule has 24 heavy (non-hydrogen) atoms. The van der Waals surface area contributed by atoms with Crippen LogP contribution in [0.5, 0.6) is 5.75 Å². The van der Waals surface area contributed by atoms with E-state index in [4.69, 9.17) is 4.74 Å². The molecule has 0 saturated heterocycles. The highest BCUT2D eigenvalue weighted by Gasteiger charge is 2.13. The molecular formula is C18H19F2NO2S. The summed E-state index contributed by atoms with van der Waals surface area (Å²) in [6.45, 7) is 4.00. The van der Waals surface area contributed by atoms with Gasteiger partial charge in [-0.25, -0.2) is 8.78 Å². The van der Waals surface area contributed by atoms with E-state index < -0.39 is 6.43 Å². The molecular weight excluding hydrogens is 332 g/mol. The topological polar surface area (TPSA) is 38.3 Å². The molecule has 0 fully saturated rings. The van der Waals surface area contributed by atoms with Crippen molar-refractivity contribution in [1.82, 2.24) is 0 Å². The van der Waals surface area contributed by atoms with E-state index >= 15 is 0 Å². The minimum Gasteiger partial charge on any atom is -0.489 e. The maximum absolute atomic E-state index is 12.9. The SMILES string of the molecule is CSC(=O)Nc1ccc(C(F)F)cc1COc1ccc(C)cc1C. The molecule has 0 aliphatic heterocycles. The molecule has 0 saturated carbocycles. The van der Waals surface area contributed by atoms with Crippen LogP contribution in [0, 0.1) is 13.8 Å². The molecule has 0 aromatic heterocycles. The van der Waals surface area contributed by atoms with Gasteiger partial charge in [0.15, 0.2) is 0 Å². The first-order valence-electron chi connectivity index (χ1n) is 7.36. The van der Waals surface area contributed by atoms with Crippen molar-refractivity contribution >= 4 is 22.7 Å². The van der Waals surface area contributed by atoms with Crippen molar-refractivity contribution in [3.63, 3.8) is 0 Å². The van der Waals surface area contributed by atoms with Crippen LogP contribution in [0.3, 0.4) is 0 Å². The molecule has 1 N–H and O–H groups in total. The second-order valence-corrected chi connectivity index (χ2v) is 6.17. The Bertz CT molecular complexity index is 735. The lowest BCUT2D eigenvalue weighted by atomic mass is 10.1. The molecule has 0 spiro atoms. The standard InChI is InChI=1S/C18H19F2NO2S/c1-11-4-7-16(12(2)8-11)23-10-14-9-13(17(19)20)5-6-15(14)21-18(22)24-3/h4-9,17H,10H2,1-3H3,(H,21,22). The van der Waals surface area contributed by atoms with E-state index in [0.29, 0.717) is 17.0 Å². The quantitative estimate of drug-likeness (QED) is 0.749. The van der Waals surface area contributed by atoms with Crippen LogP contribution in [0.4, 0.5) is 19.3 Å². The number of halogens is 2. The van der Waals surface area contributed by atoms with Gasteiger partial charge in [0.05, 0.1) is 0 Å². The maximum Gasteiger partial charge on any atom is 0.283 e. The summed E-state index contributed by atoms with van der Waals surface area (Å²) in [5, 5.41) is 2.43. The highest BCUT2D eigenvalue weighted by atomic mass is 32.2. The summed E-state index contributed by atoms with van der Waals surface area (Å²) in [5.41, 5.74) is 2.97. The number of benzene rings is 2. The number of rotatable bonds is 5. The summed E-state index contributed by atoms with van der Waals surface area (Å²) >= 11 is 1.02. The molecule has 6 heteroatoms. The number of hydrogen-bond donors (Lipinski definition) is 1. The molecule has 2 aromatic rings. The van der Waals surface area contributed by atoms with Crippen molar-refractivity contribution in [2.45, 2.75) is 26.9 Å². The van der Waals surface area contributed by atoms with Gasteiger partial charge in [0, 0.05) is 16.8 Å². The van der Waals surface area contributed by atoms with Gasteiger partial charge in [0.1, 0.15) is 12.4 Å². The van der Waals surface area contributed by atoms with E-state index in [-0.39, 0.29) is 17.4 Å². The van der Waals surface area contributed by atoms with Gasteiger partial charge in [-0.3, -0.25) is 4.79 Å². The number of aryl methyl sites for hydroxylation is 2. The lowest BCUT2D eigenvalue weighted by Crippen LogP contribution is -2.09. The van der Waals surface area contributed by atoms with Crippen LogP contribution in [-0.2, 0) is 6.61 Å². The molecule has 0 unspecified atom stereocenters. The van der Waals surface area contributed by atoms with E-state index in [1.54, 1.807) is 6.26 Å². The summed E-state index contributed by atoms with van der Waals surface area (Å²) in [6, 6.07) is 9.92. The molecule has 0 heterocycles. The molecule has 2 aromatic carbocycles. The zero-order chi connectivity index (χ0) is 17.7. The number of amides is 1. The molecule has 0 radical (unpaired) electrons. The maximum atomic E-state index is 12.9. The van der Waals surface area contributed by atoms with Crippen molar-refractivity contribution < 1.29 is 18.3 Å². The van der Waals surface area contributed by atoms with E-state index in [2.05, 4.69) is 5.32 Å². The molecule has 2 rings (SSSR count). The Morgan fingerprint density at radius 3 is 2.58 bits per heavy atom. The summed E-state index contributed by atoms with van der Waals surface area (Å²) in [6.07, 6.45) is -0.926. The van der Waals surface area contributed by atoms with Crippen LogP contribution in [0.1, 0.15) is 28.7 Å². The monoisotopic (exact) mass is 351 g/mol. The fraction of sp³-hybridized carbons (Fsp3) is 0.278. The van der Waals surface area contributed by atoms with E-state index in [0.717, 1.165) is 22.9 Å². The first kappa shape index (κ1) is 18.3. The number of alkyl halides is 2. The lowest BCUT2D eigenvalue weighted by Gasteiger charge is -2.15. The number of carbonyl (C=O) groups is 1. The fourth-order valence-corrected chi connectivity index (χ4v) is 2.48. The zero-order valence-corrected chi connectivity index (χ0v) is 14.5. The predicted molar refractivity (Wildman–Crippen MR) is 94.2 cm³/mol. The fourth-order valence-electron chi connectivity index (χ4n) is 2.27. The van der Waals surface area contributed by atoms with Crippen LogP contribution in [0.2, 0.25) is 0 Å². The average Bonchev–Trinajstić information content (AvgIpc) is 2.54. The predicted octanol–water partition coefficient (Wildman–Crippen LogP) is 5.71. The summed E-state index contributed by atoms with van der Waals surface area (Å²) in [5.74, 6) is 0.685. The van der Waals surface area contributed by atoms with Gasteiger partial charge in [-0.05, 0) is 43.9 Å². The first-order valence-corrected chi connectivity index (χ1v) is 8.59. The Labute approximate surface area is 144 Å². The normalized spacial score (nSPS) is 10.8. The third kappa shape index (κ3) is 4.71. The Morgan fingerprint density at radius 2 is 1.96 bits per heavy atom. The molecule has 0 atom stereocenters. The zero-order valence-electron chi connectivity index (χ0n) is 13.7. The number of ether oxygens (including phenoxy) is 1. The molecule has 0 aliphatic carbocycles. The van der Waals surface area contributed by atoms with Gasteiger partial charge < -0.3 is 10.1 Å². The Balaban J connectivity index is 2.24. The van der Waals surface area contributed by atoms with Crippen LogP contribution >= 0.6 is 11.8 Å². The first-order chi connectivity index (χ1) is 11.4. The molecule has 128 valence electrons. The van der Waals surface area contributed by atoms with Crippen LogP contribution < -0.4 is 10.1 Å². The molecule has 1 amide bonds. The van der Waals surface area contributed by atoms with Gasteiger partial charge in [0.25, 0.3) is 11.7 Å². The Hall–Kier alpha value is -2.08. The minimum absolute atomic E-state index is 0.0917. The largest absolute Gasteiger partial charge is 0.489 e. The third-order valence-electron chi connectivity index (χ3n) is 3.52. The van der Waals surface area contributed by atoms with E-state index in [1.807, 2.05) is 32.0 Å². The van der Waals surface area contributed by atoms with Crippen molar-refractivity contribution in [3.05, 3.63) is 58.7 Å². The number of carbonyl (C=O) groups excluding carboxylic acids is 1.